The van der Waals surface area contributed by atoms with Crippen molar-refractivity contribution >= 4 is 18.4 Å². The number of esters is 1. The molecule has 0 N–H and O–H groups in total. The molecule has 2 atom stereocenters. The van der Waals surface area contributed by atoms with Crippen LogP contribution >= 0.6 is 12.4 Å². The molecule has 1 aliphatic rings. The fourth-order valence-electron chi connectivity index (χ4n) is 3.79. The zero-order chi connectivity index (χ0) is 17.0. The van der Waals surface area contributed by atoms with Crippen LogP contribution in [0.15, 0.2) is 30.3 Å². The Labute approximate surface area is 153 Å². The SMILES string of the molecule is CC(C)N(CCOC(=O)[C@]1(c2ccccc2)CC[C@@H]1C)C(C)C.Cl. The van der Waals surface area contributed by atoms with E-state index in [0.717, 1.165) is 24.9 Å². The summed E-state index contributed by atoms with van der Waals surface area (Å²) in [5.41, 5.74) is 0.676. The Hall–Kier alpha value is -1.06. The van der Waals surface area contributed by atoms with Crippen molar-refractivity contribution in [2.75, 3.05) is 13.2 Å². The minimum Gasteiger partial charge on any atom is -0.464 e. The molecule has 0 aromatic heterocycles. The van der Waals surface area contributed by atoms with E-state index in [1.165, 1.54) is 0 Å². The van der Waals surface area contributed by atoms with Crippen LogP contribution in [0.5, 0.6) is 0 Å². The lowest BCUT2D eigenvalue weighted by molar-refractivity contribution is -0.158. The molecule has 1 aliphatic carbocycles. The summed E-state index contributed by atoms with van der Waals surface area (Å²) in [5.74, 6) is 0.304. The van der Waals surface area contributed by atoms with Crippen molar-refractivity contribution in [1.82, 2.24) is 4.90 Å². The number of rotatable bonds is 7. The van der Waals surface area contributed by atoms with Crippen LogP contribution in [-0.2, 0) is 14.9 Å². The Kier molecular flexibility index (Phi) is 7.75. The van der Waals surface area contributed by atoms with Crippen LogP contribution in [0.4, 0.5) is 0 Å². The van der Waals surface area contributed by atoms with Gasteiger partial charge in [0.05, 0.1) is 5.41 Å². The van der Waals surface area contributed by atoms with Crippen LogP contribution in [0.3, 0.4) is 0 Å². The van der Waals surface area contributed by atoms with Crippen molar-refractivity contribution < 1.29 is 9.53 Å². The number of ether oxygens (including phenoxy) is 1. The molecule has 0 radical (unpaired) electrons. The van der Waals surface area contributed by atoms with Gasteiger partial charge < -0.3 is 4.74 Å². The monoisotopic (exact) mass is 353 g/mol. The van der Waals surface area contributed by atoms with Crippen molar-refractivity contribution in [2.45, 2.75) is 65.0 Å². The van der Waals surface area contributed by atoms with E-state index >= 15 is 0 Å². The highest BCUT2D eigenvalue weighted by atomic mass is 35.5. The highest BCUT2D eigenvalue weighted by Crippen LogP contribution is 2.49. The van der Waals surface area contributed by atoms with Crippen LogP contribution in [0, 0.1) is 5.92 Å². The molecule has 2 rings (SSSR count). The first-order valence-corrected chi connectivity index (χ1v) is 8.88. The first-order valence-electron chi connectivity index (χ1n) is 8.88. The molecule has 0 unspecified atom stereocenters. The number of benzene rings is 1. The predicted molar refractivity (Wildman–Crippen MR) is 102 cm³/mol. The fraction of sp³-hybridized carbons (Fsp3) is 0.650. The summed E-state index contributed by atoms with van der Waals surface area (Å²) >= 11 is 0. The highest BCUT2D eigenvalue weighted by Gasteiger charge is 2.52. The Morgan fingerprint density at radius 2 is 1.79 bits per heavy atom. The van der Waals surface area contributed by atoms with E-state index in [1.807, 2.05) is 18.2 Å². The van der Waals surface area contributed by atoms with Gasteiger partial charge >= 0.3 is 5.97 Å². The van der Waals surface area contributed by atoms with Crippen molar-refractivity contribution in [2.24, 2.45) is 5.92 Å². The van der Waals surface area contributed by atoms with Crippen LogP contribution in [-0.4, -0.2) is 36.1 Å². The minimum absolute atomic E-state index is 0. The lowest BCUT2D eigenvalue weighted by Crippen LogP contribution is -2.51. The second-order valence-electron chi connectivity index (χ2n) is 7.34. The van der Waals surface area contributed by atoms with Gasteiger partial charge in [-0.2, -0.15) is 0 Å². The normalized spacial score (nSPS) is 23.1. The molecule has 24 heavy (non-hydrogen) atoms. The molecule has 0 aliphatic heterocycles. The maximum Gasteiger partial charge on any atom is 0.316 e. The van der Waals surface area contributed by atoms with Crippen molar-refractivity contribution in [3.8, 4) is 0 Å². The summed E-state index contributed by atoms with van der Waals surface area (Å²) < 4.78 is 5.72. The van der Waals surface area contributed by atoms with Gasteiger partial charge in [0.25, 0.3) is 0 Å². The summed E-state index contributed by atoms with van der Waals surface area (Å²) in [5, 5.41) is 0. The first-order chi connectivity index (χ1) is 10.9. The van der Waals surface area contributed by atoms with E-state index < -0.39 is 5.41 Å². The number of carbonyl (C=O) groups is 1. The van der Waals surface area contributed by atoms with Crippen molar-refractivity contribution in [3.63, 3.8) is 0 Å². The molecule has 1 aromatic rings. The van der Waals surface area contributed by atoms with Gasteiger partial charge in [-0.3, -0.25) is 9.69 Å². The number of nitrogens with zero attached hydrogens (tertiary/aromatic N) is 1. The van der Waals surface area contributed by atoms with Gasteiger partial charge in [-0.1, -0.05) is 37.3 Å². The quantitative estimate of drug-likeness (QED) is 0.679. The lowest BCUT2D eigenvalue weighted by atomic mass is 9.57. The molecule has 1 aromatic carbocycles. The van der Waals surface area contributed by atoms with E-state index in [1.54, 1.807) is 0 Å². The number of hydrogen-bond donors (Lipinski definition) is 0. The lowest BCUT2D eigenvalue weighted by Gasteiger charge is -2.46. The van der Waals surface area contributed by atoms with Crippen LogP contribution in [0.2, 0.25) is 0 Å². The summed E-state index contributed by atoms with van der Waals surface area (Å²) in [6.07, 6.45) is 1.99. The van der Waals surface area contributed by atoms with E-state index in [-0.39, 0.29) is 18.4 Å². The van der Waals surface area contributed by atoms with Crippen molar-refractivity contribution in [3.05, 3.63) is 35.9 Å². The third-order valence-corrected chi connectivity index (χ3v) is 5.38. The molecule has 3 nitrogen and oxygen atoms in total. The molecule has 0 bridgehead atoms. The molecular formula is C20H32ClNO2. The van der Waals surface area contributed by atoms with E-state index in [9.17, 15) is 4.79 Å². The van der Waals surface area contributed by atoms with Crippen LogP contribution in [0.1, 0.15) is 53.0 Å². The average molecular weight is 354 g/mol. The Bertz CT molecular complexity index is 510. The zero-order valence-electron chi connectivity index (χ0n) is 15.6. The zero-order valence-corrected chi connectivity index (χ0v) is 16.4. The topological polar surface area (TPSA) is 29.5 Å². The van der Waals surface area contributed by atoms with Gasteiger partial charge in [0.15, 0.2) is 0 Å². The third-order valence-electron chi connectivity index (χ3n) is 5.38. The highest BCUT2D eigenvalue weighted by molar-refractivity contribution is 5.85. The number of halogens is 1. The van der Waals surface area contributed by atoms with Crippen LogP contribution < -0.4 is 0 Å². The fourth-order valence-corrected chi connectivity index (χ4v) is 3.79. The minimum atomic E-state index is -0.429. The molecule has 136 valence electrons. The molecule has 4 heteroatoms. The second-order valence-corrected chi connectivity index (χ2v) is 7.34. The van der Waals surface area contributed by atoms with Gasteiger partial charge in [0.1, 0.15) is 6.61 Å². The summed E-state index contributed by atoms with van der Waals surface area (Å²) in [7, 11) is 0. The molecule has 0 saturated heterocycles. The maximum absolute atomic E-state index is 12.8. The van der Waals surface area contributed by atoms with Gasteiger partial charge in [-0.15, -0.1) is 12.4 Å². The molecule has 0 amide bonds. The van der Waals surface area contributed by atoms with E-state index in [4.69, 9.17) is 4.74 Å². The average Bonchev–Trinajstić information content (AvgIpc) is 2.50. The molecule has 1 saturated carbocycles. The standard InChI is InChI=1S/C20H31NO2.ClH/c1-15(2)21(16(3)4)13-14-23-19(22)20(12-11-17(20)5)18-9-7-6-8-10-18;/h6-10,15-17H,11-14H2,1-5H3;1H/t17-,20+;/m0./s1. The molecule has 0 heterocycles. The van der Waals surface area contributed by atoms with Gasteiger partial charge in [0.2, 0.25) is 0 Å². The smallest absolute Gasteiger partial charge is 0.316 e. The molecular weight excluding hydrogens is 322 g/mol. The van der Waals surface area contributed by atoms with E-state index in [2.05, 4.69) is 51.7 Å². The van der Waals surface area contributed by atoms with Gasteiger partial charge in [-0.25, -0.2) is 0 Å². The Morgan fingerprint density at radius 1 is 1.21 bits per heavy atom. The first kappa shape index (κ1) is 21.0. The van der Waals surface area contributed by atoms with Gasteiger partial charge in [0, 0.05) is 18.6 Å². The summed E-state index contributed by atoms with van der Waals surface area (Å²) in [6.45, 7) is 12.1. The molecule has 0 spiro atoms. The number of carbonyl (C=O) groups excluding carboxylic acids is 1. The van der Waals surface area contributed by atoms with Gasteiger partial charge in [-0.05, 0) is 52.0 Å². The summed E-state index contributed by atoms with van der Waals surface area (Å²) in [4.78, 5) is 15.2. The third kappa shape index (κ3) is 4.12. The van der Waals surface area contributed by atoms with E-state index in [0.29, 0.717) is 24.6 Å². The molecule has 1 fully saturated rings. The predicted octanol–water partition coefficient (Wildman–Crippen LogP) is 4.44. The number of hydrogen-bond acceptors (Lipinski definition) is 3. The largest absolute Gasteiger partial charge is 0.464 e. The maximum atomic E-state index is 12.8. The van der Waals surface area contributed by atoms with Crippen molar-refractivity contribution in [1.29, 1.82) is 0 Å². The second kappa shape index (κ2) is 8.87. The van der Waals surface area contributed by atoms with Crippen LogP contribution in [0.25, 0.3) is 0 Å². The Balaban J connectivity index is 0.00000288. The Morgan fingerprint density at radius 3 is 2.21 bits per heavy atom. The summed E-state index contributed by atoms with van der Waals surface area (Å²) in [6, 6.07) is 11.0.